The molecule has 1 aromatic rings. The van der Waals surface area contributed by atoms with Gasteiger partial charge in [0, 0.05) is 0 Å². The third kappa shape index (κ3) is 6.77. The Morgan fingerprint density at radius 2 is 1.70 bits per heavy atom. The summed E-state index contributed by atoms with van der Waals surface area (Å²) < 4.78 is 21.0. The topological polar surface area (TPSA) is 71.1 Å². The number of hydrogen-bond acceptors (Lipinski definition) is 6. The van der Waals surface area contributed by atoms with Crippen LogP contribution < -0.4 is 9.47 Å². The van der Waals surface area contributed by atoms with Crippen molar-refractivity contribution >= 4 is 11.9 Å². The molecule has 0 N–H and O–H groups in total. The minimum Gasteiger partial charge on any atom is -0.497 e. The fraction of sp³-hybridized carbons (Fsp3) is 0.619. The van der Waals surface area contributed by atoms with Gasteiger partial charge in [0.15, 0.2) is 13.2 Å². The predicted molar refractivity (Wildman–Crippen MR) is 101 cm³/mol. The largest absolute Gasteiger partial charge is 0.497 e. The third-order valence-electron chi connectivity index (χ3n) is 5.01. The maximum Gasteiger partial charge on any atom is 0.344 e. The van der Waals surface area contributed by atoms with E-state index in [-0.39, 0.29) is 19.3 Å². The molecule has 1 aliphatic carbocycles. The second kappa shape index (κ2) is 10.2. The summed E-state index contributed by atoms with van der Waals surface area (Å²) >= 11 is 0. The van der Waals surface area contributed by atoms with E-state index in [1.54, 1.807) is 31.4 Å². The number of carbonyl (C=O) groups is 2. The van der Waals surface area contributed by atoms with Gasteiger partial charge in [-0.15, -0.1) is 0 Å². The summed E-state index contributed by atoms with van der Waals surface area (Å²) in [5.74, 6) is 1.46. The van der Waals surface area contributed by atoms with Crippen LogP contribution in [-0.4, -0.2) is 38.4 Å². The number of carbonyl (C=O) groups excluding carboxylic acids is 2. The lowest BCUT2D eigenvalue weighted by Gasteiger charge is -2.36. The van der Waals surface area contributed by atoms with Gasteiger partial charge >= 0.3 is 11.9 Å². The zero-order valence-corrected chi connectivity index (χ0v) is 16.6. The summed E-state index contributed by atoms with van der Waals surface area (Å²) in [7, 11) is 1.57. The average Bonchev–Trinajstić information content (AvgIpc) is 2.65. The van der Waals surface area contributed by atoms with Crippen molar-refractivity contribution in [3.8, 4) is 11.5 Å². The van der Waals surface area contributed by atoms with Crippen molar-refractivity contribution in [3.05, 3.63) is 24.3 Å². The number of hydrogen-bond donors (Lipinski definition) is 0. The number of rotatable bonds is 8. The van der Waals surface area contributed by atoms with Gasteiger partial charge in [-0.05, 0) is 54.9 Å². The summed E-state index contributed by atoms with van der Waals surface area (Å²) in [4.78, 5) is 23.9. The van der Waals surface area contributed by atoms with Crippen molar-refractivity contribution < 1.29 is 28.5 Å². The first-order valence-electron chi connectivity index (χ1n) is 9.51. The molecule has 0 unspecified atom stereocenters. The van der Waals surface area contributed by atoms with Crippen LogP contribution in [0.4, 0.5) is 0 Å². The molecule has 150 valence electrons. The lowest BCUT2D eigenvalue weighted by atomic mass is 9.75. The van der Waals surface area contributed by atoms with Crippen LogP contribution in [-0.2, 0) is 19.1 Å². The number of esters is 2. The Balaban J connectivity index is 1.72. The lowest BCUT2D eigenvalue weighted by Crippen LogP contribution is -2.37. The maximum absolute atomic E-state index is 12.1. The van der Waals surface area contributed by atoms with Gasteiger partial charge in [-0.2, -0.15) is 0 Å². The highest BCUT2D eigenvalue weighted by Crippen LogP contribution is 2.35. The Bertz CT molecular complexity index is 610. The molecule has 3 atom stereocenters. The normalized spacial score (nSPS) is 22.2. The number of benzene rings is 1. The fourth-order valence-electron chi connectivity index (χ4n) is 3.45. The van der Waals surface area contributed by atoms with Crippen LogP contribution in [0.25, 0.3) is 0 Å². The van der Waals surface area contributed by atoms with Gasteiger partial charge in [0.1, 0.15) is 17.6 Å². The third-order valence-corrected chi connectivity index (χ3v) is 5.01. The zero-order chi connectivity index (χ0) is 19.8. The molecule has 0 aromatic heterocycles. The minimum atomic E-state index is -0.611. The molecule has 1 saturated carbocycles. The van der Waals surface area contributed by atoms with E-state index in [4.69, 9.17) is 18.9 Å². The summed E-state index contributed by atoms with van der Waals surface area (Å²) in [6.07, 6.45) is 2.99. The highest BCUT2D eigenvalue weighted by atomic mass is 16.6. The Morgan fingerprint density at radius 3 is 2.33 bits per heavy atom. The van der Waals surface area contributed by atoms with Crippen molar-refractivity contribution in [2.45, 2.75) is 46.1 Å². The predicted octanol–water partition coefficient (Wildman–Crippen LogP) is 3.62. The van der Waals surface area contributed by atoms with Crippen LogP contribution in [0.3, 0.4) is 0 Å². The van der Waals surface area contributed by atoms with Crippen molar-refractivity contribution in [1.82, 2.24) is 0 Å². The number of methoxy groups -OCH3 is 1. The quantitative estimate of drug-likeness (QED) is 0.644. The van der Waals surface area contributed by atoms with Gasteiger partial charge in [-0.25, -0.2) is 9.59 Å². The molecule has 6 nitrogen and oxygen atoms in total. The molecule has 0 radical (unpaired) electrons. The Labute approximate surface area is 161 Å². The molecule has 2 rings (SSSR count). The van der Waals surface area contributed by atoms with Crippen LogP contribution in [0.1, 0.15) is 40.0 Å². The monoisotopic (exact) mass is 378 g/mol. The molecular formula is C21H30O6. The Hall–Kier alpha value is -2.24. The van der Waals surface area contributed by atoms with Gasteiger partial charge in [0.05, 0.1) is 7.11 Å². The maximum atomic E-state index is 12.1. The van der Waals surface area contributed by atoms with E-state index >= 15 is 0 Å². The number of ether oxygens (including phenoxy) is 4. The van der Waals surface area contributed by atoms with Crippen LogP contribution >= 0.6 is 0 Å². The van der Waals surface area contributed by atoms with Crippen molar-refractivity contribution in [3.63, 3.8) is 0 Å². The molecule has 0 spiro atoms. The first-order chi connectivity index (χ1) is 12.9. The van der Waals surface area contributed by atoms with Crippen LogP contribution in [0, 0.1) is 17.8 Å². The van der Waals surface area contributed by atoms with E-state index in [9.17, 15) is 9.59 Å². The van der Waals surface area contributed by atoms with E-state index in [0.717, 1.165) is 19.3 Å². The Morgan fingerprint density at radius 1 is 1.04 bits per heavy atom. The van der Waals surface area contributed by atoms with Gasteiger partial charge in [0.2, 0.25) is 0 Å². The smallest absolute Gasteiger partial charge is 0.344 e. The van der Waals surface area contributed by atoms with Crippen LogP contribution in [0.5, 0.6) is 11.5 Å². The molecule has 6 heteroatoms. The molecule has 1 aliphatic rings. The van der Waals surface area contributed by atoms with Crippen molar-refractivity contribution in [2.75, 3.05) is 20.3 Å². The van der Waals surface area contributed by atoms with Crippen LogP contribution in [0.15, 0.2) is 24.3 Å². The summed E-state index contributed by atoms with van der Waals surface area (Å²) in [6.45, 7) is 5.82. The second-order valence-corrected chi connectivity index (χ2v) is 7.48. The van der Waals surface area contributed by atoms with Crippen LogP contribution in [0.2, 0.25) is 0 Å². The van der Waals surface area contributed by atoms with Crippen molar-refractivity contribution in [2.24, 2.45) is 17.8 Å². The lowest BCUT2D eigenvalue weighted by molar-refractivity contribution is -0.167. The van der Waals surface area contributed by atoms with Crippen molar-refractivity contribution in [1.29, 1.82) is 0 Å². The van der Waals surface area contributed by atoms with E-state index in [1.807, 2.05) is 0 Å². The van der Waals surface area contributed by atoms with E-state index in [2.05, 4.69) is 20.8 Å². The molecule has 0 bridgehead atoms. The minimum absolute atomic E-state index is 0.101. The highest BCUT2D eigenvalue weighted by Gasteiger charge is 2.33. The SMILES string of the molecule is COc1ccc(OCC(=O)OCC(=O)O[C@H]2C[C@@H](C)CC[C@@H]2C(C)C)cc1. The molecule has 1 fully saturated rings. The molecule has 0 aliphatic heterocycles. The summed E-state index contributed by atoms with van der Waals surface area (Å²) in [5, 5.41) is 0. The fourth-order valence-corrected chi connectivity index (χ4v) is 3.45. The second-order valence-electron chi connectivity index (χ2n) is 7.48. The van der Waals surface area contributed by atoms with Gasteiger partial charge < -0.3 is 18.9 Å². The highest BCUT2D eigenvalue weighted by molar-refractivity contribution is 5.77. The standard InChI is InChI=1S/C21H30O6/c1-14(2)18-10-5-15(3)11-19(18)27-21(23)13-26-20(22)12-25-17-8-6-16(24-4)7-9-17/h6-9,14-15,18-19H,5,10-13H2,1-4H3/t15-,18+,19-/m0/s1. The molecular weight excluding hydrogens is 348 g/mol. The first-order valence-corrected chi connectivity index (χ1v) is 9.51. The Kier molecular flexibility index (Phi) is 7.95. The average molecular weight is 378 g/mol. The summed E-state index contributed by atoms with van der Waals surface area (Å²) in [6, 6.07) is 6.84. The zero-order valence-electron chi connectivity index (χ0n) is 16.6. The molecule has 1 aromatic carbocycles. The van der Waals surface area contributed by atoms with E-state index < -0.39 is 11.9 Å². The van der Waals surface area contributed by atoms with Gasteiger partial charge in [0.25, 0.3) is 0 Å². The van der Waals surface area contributed by atoms with E-state index in [0.29, 0.717) is 29.3 Å². The summed E-state index contributed by atoms with van der Waals surface area (Å²) in [5.41, 5.74) is 0. The van der Waals surface area contributed by atoms with E-state index in [1.165, 1.54) is 0 Å². The molecule has 0 saturated heterocycles. The first kappa shape index (κ1) is 21.1. The molecule has 0 amide bonds. The molecule has 0 heterocycles. The van der Waals surface area contributed by atoms with Gasteiger partial charge in [-0.1, -0.05) is 27.2 Å². The molecule has 27 heavy (non-hydrogen) atoms. The van der Waals surface area contributed by atoms with Gasteiger partial charge in [-0.3, -0.25) is 0 Å².